The van der Waals surface area contributed by atoms with Crippen LogP contribution in [0.25, 0.3) is 0 Å². The smallest absolute Gasteiger partial charge is 0.231 e. The van der Waals surface area contributed by atoms with Gasteiger partial charge in [-0.05, 0) is 74.5 Å². The highest BCUT2D eigenvalue weighted by molar-refractivity contribution is 6.05. The molecular formula is C25H30N2O2. The Hall–Kier alpha value is -2.46. The van der Waals surface area contributed by atoms with Crippen molar-refractivity contribution >= 4 is 17.4 Å². The average Bonchev–Trinajstić information content (AvgIpc) is 3.07. The molecule has 2 aromatic rings. The summed E-state index contributed by atoms with van der Waals surface area (Å²) in [6, 6.07) is 14.6. The van der Waals surface area contributed by atoms with E-state index in [1.165, 1.54) is 11.1 Å². The van der Waals surface area contributed by atoms with Crippen LogP contribution in [0.4, 0.5) is 5.69 Å². The molecule has 0 aliphatic carbocycles. The van der Waals surface area contributed by atoms with Crippen LogP contribution in [0, 0.1) is 0 Å². The van der Waals surface area contributed by atoms with Gasteiger partial charge in [0, 0.05) is 25.1 Å². The first kappa shape index (κ1) is 19.8. The summed E-state index contributed by atoms with van der Waals surface area (Å²) in [5, 5.41) is 0. The summed E-state index contributed by atoms with van der Waals surface area (Å²) in [5.41, 5.74) is 5.50. The van der Waals surface area contributed by atoms with Crippen LogP contribution in [0.2, 0.25) is 0 Å². The molecule has 29 heavy (non-hydrogen) atoms. The molecule has 0 radical (unpaired) electrons. The van der Waals surface area contributed by atoms with Crippen molar-refractivity contribution in [3.05, 3.63) is 64.7 Å². The summed E-state index contributed by atoms with van der Waals surface area (Å²) in [5.74, 6) is 0.400. The molecule has 0 atom stereocenters. The third kappa shape index (κ3) is 4.59. The Balaban J connectivity index is 1.24. The number of hydrogen-bond donors (Lipinski definition) is 0. The summed E-state index contributed by atoms with van der Waals surface area (Å²) in [6.45, 7) is 2.87. The zero-order valence-electron chi connectivity index (χ0n) is 17.3. The van der Waals surface area contributed by atoms with Crippen molar-refractivity contribution in [2.24, 2.45) is 0 Å². The van der Waals surface area contributed by atoms with E-state index in [4.69, 9.17) is 0 Å². The van der Waals surface area contributed by atoms with Crippen molar-refractivity contribution in [2.45, 2.75) is 44.9 Å². The average molecular weight is 391 g/mol. The summed E-state index contributed by atoms with van der Waals surface area (Å²) < 4.78 is 0. The number of carbonyl (C=O) groups is 2. The lowest BCUT2D eigenvalue weighted by molar-refractivity contribution is -0.117. The number of benzene rings is 2. The molecule has 0 spiro atoms. The Morgan fingerprint density at radius 2 is 1.86 bits per heavy atom. The lowest BCUT2D eigenvalue weighted by Crippen LogP contribution is -2.31. The van der Waals surface area contributed by atoms with Crippen molar-refractivity contribution in [1.82, 2.24) is 4.90 Å². The molecule has 0 N–H and O–H groups in total. The van der Waals surface area contributed by atoms with E-state index < -0.39 is 0 Å². The Bertz CT molecular complexity index is 891. The lowest BCUT2D eigenvalue weighted by Gasteiger charge is -2.25. The van der Waals surface area contributed by atoms with Crippen LogP contribution >= 0.6 is 0 Å². The third-order valence-electron chi connectivity index (χ3n) is 6.15. The second kappa shape index (κ2) is 8.91. The van der Waals surface area contributed by atoms with Crippen molar-refractivity contribution in [3.63, 3.8) is 0 Å². The first-order valence-corrected chi connectivity index (χ1v) is 10.8. The number of hydrogen-bond acceptors (Lipinski definition) is 3. The summed E-state index contributed by atoms with van der Waals surface area (Å²) in [6.07, 6.45) is 6.00. The second-order valence-corrected chi connectivity index (χ2v) is 8.39. The first-order valence-electron chi connectivity index (χ1n) is 10.8. The molecule has 2 aromatic carbocycles. The van der Waals surface area contributed by atoms with Gasteiger partial charge in [-0.1, -0.05) is 30.3 Å². The quantitative estimate of drug-likeness (QED) is 0.479. The number of amides is 1. The third-order valence-corrected chi connectivity index (χ3v) is 6.15. The van der Waals surface area contributed by atoms with Gasteiger partial charge >= 0.3 is 0 Å². The number of rotatable bonds is 9. The highest BCUT2D eigenvalue weighted by Gasteiger charge is 2.32. The van der Waals surface area contributed by atoms with E-state index in [0.717, 1.165) is 68.6 Å². The van der Waals surface area contributed by atoms with Crippen LogP contribution in [0.15, 0.2) is 42.5 Å². The van der Waals surface area contributed by atoms with Gasteiger partial charge in [0.2, 0.25) is 5.91 Å². The van der Waals surface area contributed by atoms with Crippen molar-refractivity contribution in [2.75, 3.05) is 31.6 Å². The van der Waals surface area contributed by atoms with E-state index in [1.54, 1.807) is 0 Å². The molecule has 2 aliphatic rings. The molecular weight excluding hydrogens is 360 g/mol. The largest absolute Gasteiger partial charge is 0.312 e. The van der Waals surface area contributed by atoms with Crippen LogP contribution in [0.3, 0.4) is 0 Å². The fourth-order valence-corrected chi connectivity index (χ4v) is 4.53. The van der Waals surface area contributed by atoms with Crippen molar-refractivity contribution < 1.29 is 9.59 Å². The number of nitrogens with zero attached hydrogens (tertiary/aromatic N) is 2. The Labute approximate surface area is 173 Å². The maximum atomic E-state index is 12.7. The topological polar surface area (TPSA) is 40.6 Å². The minimum absolute atomic E-state index is 0.184. The molecule has 4 heteroatoms. The van der Waals surface area contributed by atoms with Gasteiger partial charge in [-0.2, -0.15) is 0 Å². The fourth-order valence-electron chi connectivity index (χ4n) is 4.53. The monoisotopic (exact) mass is 390 g/mol. The summed E-state index contributed by atoms with van der Waals surface area (Å²) >= 11 is 0. The Morgan fingerprint density at radius 1 is 1.07 bits per heavy atom. The normalized spacial score (nSPS) is 15.1. The maximum absolute atomic E-state index is 12.7. The molecule has 0 saturated carbocycles. The highest BCUT2D eigenvalue weighted by atomic mass is 16.2. The number of likely N-dealkylation sites (N-methyl/N-ethyl adjacent to an activating group) is 1. The van der Waals surface area contributed by atoms with E-state index in [2.05, 4.69) is 36.2 Å². The number of Topliss-reactive ketones (excluding diaryl/α,β-unsaturated/α-hetero) is 1. The molecule has 0 bridgehead atoms. The van der Waals surface area contributed by atoms with Gasteiger partial charge in [-0.15, -0.1) is 0 Å². The summed E-state index contributed by atoms with van der Waals surface area (Å²) in [4.78, 5) is 29.2. The van der Waals surface area contributed by atoms with Gasteiger partial charge in [-0.3, -0.25) is 9.59 Å². The first-order chi connectivity index (χ1) is 14.1. The van der Waals surface area contributed by atoms with Crippen LogP contribution in [-0.2, 0) is 24.1 Å². The molecule has 2 heterocycles. The van der Waals surface area contributed by atoms with Crippen LogP contribution in [-0.4, -0.2) is 43.3 Å². The number of aryl methyl sites for hydroxylation is 1. The van der Waals surface area contributed by atoms with Gasteiger partial charge in [0.25, 0.3) is 0 Å². The minimum Gasteiger partial charge on any atom is -0.312 e. The van der Waals surface area contributed by atoms with Crippen molar-refractivity contribution in [3.8, 4) is 0 Å². The highest BCUT2D eigenvalue weighted by Crippen LogP contribution is 2.37. The molecule has 152 valence electrons. The Kier molecular flexibility index (Phi) is 6.10. The standard InChI is InChI=1S/C25H30N2O2/c1-26(15-12-19-8-3-2-4-9-19)13-6-5-11-23(28)21-16-20-10-7-14-27-24(29)18-22(17-21)25(20)27/h2-4,8-9,16-17H,5-7,10-15,18H2,1H3. The summed E-state index contributed by atoms with van der Waals surface area (Å²) in [7, 11) is 2.15. The maximum Gasteiger partial charge on any atom is 0.231 e. The SMILES string of the molecule is CN(CCCCC(=O)c1cc2c3c(c1)CC(=O)N3CCC2)CCc1ccccc1. The molecule has 2 aliphatic heterocycles. The van der Waals surface area contributed by atoms with Crippen molar-refractivity contribution in [1.29, 1.82) is 0 Å². The van der Waals surface area contributed by atoms with Crippen LogP contribution in [0.1, 0.15) is 52.7 Å². The number of unbranched alkanes of at least 4 members (excludes halogenated alkanes) is 1. The minimum atomic E-state index is 0.184. The second-order valence-electron chi connectivity index (χ2n) is 8.39. The molecule has 0 fully saturated rings. The van der Waals surface area contributed by atoms with E-state index >= 15 is 0 Å². The predicted molar refractivity (Wildman–Crippen MR) is 117 cm³/mol. The number of carbonyl (C=O) groups excluding carboxylic acids is 2. The number of anilines is 1. The molecule has 0 aromatic heterocycles. The fraction of sp³-hybridized carbons (Fsp3) is 0.440. The zero-order chi connectivity index (χ0) is 20.2. The Morgan fingerprint density at radius 3 is 2.69 bits per heavy atom. The van der Waals surface area contributed by atoms with Gasteiger partial charge in [0.05, 0.1) is 12.1 Å². The molecule has 0 unspecified atom stereocenters. The molecule has 4 rings (SSSR count). The van der Waals surface area contributed by atoms with E-state index in [-0.39, 0.29) is 11.7 Å². The van der Waals surface area contributed by atoms with Gasteiger partial charge in [-0.25, -0.2) is 0 Å². The lowest BCUT2D eigenvalue weighted by atomic mass is 9.94. The van der Waals surface area contributed by atoms with Crippen LogP contribution < -0.4 is 4.90 Å². The van der Waals surface area contributed by atoms with E-state index in [9.17, 15) is 9.59 Å². The molecule has 4 nitrogen and oxygen atoms in total. The van der Waals surface area contributed by atoms with E-state index in [1.807, 2.05) is 23.1 Å². The predicted octanol–water partition coefficient (Wildman–Crippen LogP) is 4.05. The molecule has 1 amide bonds. The van der Waals surface area contributed by atoms with Gasteiger partial charge in [0.15, 0.2) is 5.78 Å². The zero-order valence-corrected chi connectivity index (χ0v) is 17.3. The van der Waals surface area contributed by atoms with E-state index in [0.29, 0.717) is 12.8 Å². The van der Waals surface area contributed by atoms with Gasteiger partial charge < -0.3 is 9.80 Å². The molecule has 0 saturated heterocycles. The van der Waals surface area contributed by atoms with Crippen LogP contribution in [0.5, 0.6) is 0 Å². The van der Waals surface area contributed by atoms with Gasteiger partial charge in [0.1, 0.15) is 0 Å². The number of ketones is 1.